The molecule has 21 heteroatoms. The van der Waals surface area contributed by atoms with Gasteiger partial charge in [-0.05, 0) is 117 Å². The van der Waals surface area contributed by atoms with Gasteiger partial charge in [0.1, 0.15) is 60.5 Å². The van der Waals surface area contributed by atoms with Crippen LogP contribution < -0.4 is 5.32 Å². The lowest BCUT2D eigenvalue weighted by Crippen LogP contribution is -2.69. The van der Waals surface area contributed by atoms with Gasteiger partial charge in [-0.25, -0.2) is 0 Å². The number of carbonyl (C=O) groups excluding carboxylic acids is 3. The van der Waals surface area contributed by atoms with E-state index in [0.29, 0.717) is 44.9 Å². The molecule has 0 aromatic rings. The highest BCUT2D eigenvalue weighted by Crippen LogP contribution is 2.76. The standard InChI is InChI=1S/C59H95NO20/c1-31-48(78-50-46(72)43(69)34(63)29-75-50)45(71)47(73)51(76-31)79-49-44(70)42(60-40(66)16-14-12-10-8-9-11-13-15-17-41(67)68)35(28-61)77-52(49)80-53(74)59-25-24-54(2,3)26-33(59)32-18-19-37-55(4)22-21-38(64)56(5,30-62)36(55)20-23-57(37,6)58(32,7)27-39(59)65/h18,30-31,33-39,42-52,61,63-65,69-73H,8-17,19-29H2,1-7H3,(H,60,66)(H,67,68)/t31?,33?,34-,35?,36-,37?,38+,39-,42+,43?,44?,45?,46?,47?,48+,49?,50+,51+,52+,55?,56-,57+,58-,59-/m1/s1. The maximum Gasteiger partial charge on any atom is 0.317 e. The molecule has 5 aliphatic carbocycles. The van der Waals surface area contributed by atoms with E-state index < -0.39 is 151 Å². The predicted molar refractivity (Wildman–Crippen MR) is 284 cm³/mol. The summed E-state index contributed by atoms with van der Waals surface area (Å²) in [5, 5.41) is 113. The lowest BCUT2D eigenvalue weighted by atomic mass is 9.33. The van der Waals surface area contributed by atoms with Crippen molar-refractivity contribution in [3.63, 3.8) is 0 Å². The van der Waals surface area contributed by atoms with E-state index in [2.05, 4.69) is 46.0 Å². The fraction of sp³-hybridized carbons (Fsp3) is 0.898. The third-order valence-electron chi connectivity index (χ3n) is 21.8. The summed E-state index contributed by atoms with van der Waals surface area (Å²) in [4.78, 5) is 52.9. The largest absolute Gasteiger partial charge is 0.481 e. The molecule has 24 atom stereocenters. The number of ether oxygens (including phenoxy) is 6. The van der Waals surface area contributed by atoms with Gasteiger partial charge in [0.15, 0.2) is 18.7 Å². The Morgan fingerprint density at radius 2 is 1.34 bits per heavy atom. The highest BCUT2D eigenvalue weighted by atomic mass is 16.8. The molecule has 21 nitrogen and oxygen atoms in total. The highest BCUT2D eigenvalue weighted by Gasteiger charge is 2.72. The summed E-state index contributed by atoms with van der Waals surface area (Å²) in [6, 6.07) is -1.36. The first-order chi connectivity index (χ1) is 37.6. The Hall–Kier alpha value is -2.74. The Kier molecular flexibility index (Phi) is 19.5. The molecule has 7 fully saturated rings. The van der Waals surface area contributed by atoms with Gasteiger partial charge in [0, 0.05) is 12.8 Å². The number of allylic oxidation sites excluding steroid dienone is 2. The van der Waals surface area contributed by atoms with Crippen molar-refractivity contribution in [2.75, 3.05) is 13.2 Å². The number of carboxylic acids is 1. The molecule has 8 rings (SSSR count). The number of aliphatic carboxylic acids is 1. The monoisotopic (exact) mass is 1140 g/mol. The van der Waals surface area contributed by atoms with Crippen molar-refractivity contribution in [1.29, 1.82) is 0 Å². The van der Waals surface area contributed by atoms with Crippen LogP contribution in [0.1, 0.15) is 170 Å². The summed E-state index contributed by atoms with van der Waals surface area (Å²) in [5.41, 5.74) is -2.89. The van der Waals surface area contributed by atoms with Crippen molar-refractivity contribution in [2.24, 2.45) is 50.2 Å². The van der Waals surface area contributed by atoms with Gasteiger partial charge in [-0.3, -0.25) is 14.4 Å². The molecule has 8 aliphatic rings. The van der Waals surface area contributed by atoms with Gasteiger partial charge in [0.2, 0.25) is 12.2 Å². The Bertz CT molecular complexity index is 2220. The van der Waals surface area contributed by atoms with Crippen LogP contribution in [0.25, 0.3) is 0 Å². The molecular formula is C59H95NO20. The first-order valence-electron chi connectivity index (χ1n) is 29.8. The zero-order chi connectivity index (χ0) is 58.5. The SMILES string of the molecule is CC1O[C@@H](OC2C(O)[C@@H](NC(=O)CCCCCCCCCCC(=O)O)C(CO)O[C@H]2OC(=O)[C@]23CCC(C)(C)CC2C2=CCC4C5(C)CC[C@H](O)[C@](C)(C=O)[C@@H]5CC[C@]4(C)[C@]2(C)C[C@H]3O)C(O)C(O)[C@H]1O[C@@H]1OC[C@@H](O)C(O)C1O. The minimum absolute atomic E-state index is 0.0471. The summed E-state index contributed by atoms with van der Waals surface area (Å²) in [5.74, 6) is -2.57. The number of hydrogen-bond donors (Lipinski definition) is 11. The predicted octanol–water partition coefficient (Wildman–Crippen LogP) is 3.07. The Morgan fingerprint density at radius 1 is 0.700 bits per heavy atom. The van der Waals surface area contributed by atoms with Crippen molar-refractivity contribution < 1.29 is 98.7 Å². The van der Waals surface area contributed by atoms with Crippen LogP contribution in [0.2, 0.25) is 0 Å². The summed E-state index contributed by atoms with van der Waals surface area (Å²) < 4.78 is 36.4. The number of amides is 1. The van der Waals surface area contributed by atoms with E-state index >= 15 is 4.79 Å². The number of carbonyl (C=O) groups is 4. The van der Waals surface area contributed by atoms with Crippen LogP contribution in [-0.2, 0) is 47.6 Å². The quantitative estimate of drug-likeness (QED) is 0.0361. The number of esters is 1. The van der Waals surface area contributed by atoms with E-state index in [1.54, 1.807) is 0 Å². The zero-order valence-corrected chi connectivity index (χ0v) is 48.0. The van der Waals surface area contributed by atoms with Gasteiger partial charge in [-0.1, -0.05) is 91.7 Å². The molecule has 0 bridgehead atoms. The van der Waals surface area contributed by atoms with E-state index in [-0.39, 0.29) is 53.8 Å². The molecule has 0 radical (unpaired) electrons. The molecule has 11 N–H and O–H groups in total. The van der Waals surface area contributed by atoms with Crippen molar-refractivity contribution in [1.82, 2.24) is 5.32 Å². The molecule has 0 aromatic carbocycles. The average Bonchev–Trinajstić information content (AvgIpc) is 3.42. The number of carboxylic acid groups (broad SMARTS) is 1. The number of nitrogens with one attached hydrogen (secondary N) is 1. The van der Waals surface area contributed by atoms with Gasteiger partial charge >= 0.3 is 11.9 Å². The van der Waals surface area contributed by atoms with Crippen LogP contribution in [-0.4, -0.2) is 187 Å². The van der Waals surface area contributed by atoms with Crippen molar-refractivity contribution in [3.8, 4) is 0 Å². The lowest BCUT2D eigenvalue weighted by Gasteiger charge is -2.71. The van der Waals surface area contributed by atoms with E-state index in [1.807, 2.05) is 6.92 Å². The Morgan fingerprint density at radius 3 is 1.99 bits per heavy atom. The molecule has 0 spiro atoms. The zero-order valence-electron chi connectivity index (χ0n) is 48.0. The fourth-order valence-corrected chi connectivity index (χ4v) is 16.7. The molecule has 3 heterocycles. The topological polar surface area (TPSA) is 338 Å². The minimum atomic E-state index is -1.95. The second-order valence-corrected chi connectivity index (χ2v) is 27.1. The molecule has 4 saturated carbocycles. The number of aliphatic hydroxyl groups excluding tert-OH is 9. The lowest BCUT2D eigenvalue weighted by molar-refractivity contribution is -0.370. The average molecular weight is 1140 g/mol. The van der Waals surface area contributed by atoms with Crippen LogP contribution >= 0.6 is 0 Å². The number of rotatable bonds is 20. The third-order valence-corrected chi connectivity index (χ3v) is 21.8. The van der Waals surface area contributed by atoms with Crippen molar-refractivity contribution >= 4 is 24.1 Å². The van der Waals surface area contributed by atoms with Crippen LogP contribution in [0.15, 0.2) is 11.6 Å². The van der Waals surface area contributed by atoms with Gasteiger partial charge in [-0.15, -0.1) is 0 Å². The molecule has 1 amide bonds. The molecule has 80 heavy (non-hydrogen) atoms. The van der Waals surface area contributed by atoms with Crippen LogP contribution in [0.3, 0.4) is 0 Å². The van der Waals surface area contributed by atoms with Gasteiger partial charge in [0.25, 0.3) is 0 Å². The second kappa shape index (κ2) is 24.7. The summed E-state index contributed by atoms with van der Waals surface area (Å²) in [6.45, 7) is 13.3. The number of aldehydes is 1. The molecular weight excluding hydrogens is 1040 g/mol. The normalized spacial score (nSPS) is 47.0. The van der Waals surface area contributed by atoms with Crippen molar-refractivity contribution in [3.05, 3.63) is 11.6 Å². The summed E-state index contributed by atoms with van der Waals surface area (Å²) in [6.07, 6.45) is -8.54. The molecule has 3 saturated heterocycles. The number of aliphatic hydroxyl groups is 9. The number of hydrogen-bond acceptors (Lipinski definition) is 19. The first kappa shape index (κ1) is 63.3. The van der Waals surface area contributed by atoms with E-state index in [1.165, 1.54) is 6.92 Å². The maximum absolute atomic E-state index is 15.7. The van der Waals surface area contributed by atoms with Gasteiger partial charge in [-0.2, -0.15) is 0 Å². The summed E-state index contributed by atoms with van der Waals surface area (Å²) in [7, 11) is 0. The molecule has 11 unspecified atom stereocenters. The number of unbranched alkanes of at least 4 members (excludes halogenated alkanes) is 7. The Labute approximate surface area is 470 Å². The molecule has 0 aromatic heterocycles. The van der Waals surface area contributed by atoms with E-state index in [4.69, 9.17) is 33.5 Å². The third kappa shape index (κ3) is 11.6. The highest BCUT2D eigenvalue weighted by molar-refractivity contribution is 5.80. The van der Waals surface area contributed by atoms with Crippen LogP contribution in [0, 0.1) is 50.2 Å². The van der Waals surface area contributed by atoms with E-state index in [9.17, 15) is 60.3 Å². The fourth-order valence-electron chi connectivity index (χ4n) is 16.7. The van der Waals surface area contributed by atoms with Gasteiger partial charge < -0.3 is 89.6 Å². The Balaban J connectivity index is 1.04. The minimum Gasteiger partial charge on any atom is -0.481 e. The van der Waals surface area contributed by atoms with Crippen molar-refractivity contribution in [2.45, 2.75) is 269 Å². The first-order valence-corrected chi connectivity index (χ1v) is 29.8. The molecule has 456 valence electrons. The number of fused-ring (bicyclic) bond motifs is 7. The van der Waals surface area contributed by atoms with E-state index in [0.717, 1.165) is 63.2 Å². The second-order valence-electron chi connectivity index (χ2n) is 27.1. The summed E-state index contributed by atoms with van der Waals surface area (Å²) >= 11 is 0. The smallest absolute Gasteiger partial charge is 0.317 e. The van der Waals surface area contributed by atoms with Gasteiger partial charge in [0.05, 0.1) is 43.0 Å². The molecule has 3 aliphatic heterocycles. The van der Waals surface area contributed by atoms with Crippen LogP contribution in [0.4, 0.5) is 0 Å². The maximum atomic E-state index is 15.7. The van der Waals surface area contributed by atoms with Crippen LogP contribution in [0.5, 0.6) is 0 Å².